The van der Waals surface area contributed by atoms with Crippen LogP contribution in [0, 0.1) is 33.3 Å². The summed E-state index contributed by atoms with van der Waals surface area (Å²) in [6, 6.07) is 6.37. The van der Waals surface area contributed by atoms with Gasteiger partial charge >= 0.3 is 7.12 Å². The van der Waals surface area contributed by atoms with Crippen LogP contribution in [0.5, 0.6) is 0 Å². The molecule has 11 heteroatoms. The number of rotatable bonds is 7. The number of nitrogens with zero attached hydrogens (tertiary/aromatic N) is 2. The molecule has 1 heterocycles. The van der Waals surface area contributed by atoms with E-state index in [1.54, 1.807) is 29.7 Å². The average molecular weight is 471 g/mol. The Morgan fingerprint density at radius 3 is 2.56 bits per heavy atom. The lowest BCUT2D eigenvalue weighted by atomic mass is 9.43. The summed E-state index contributed by atoms with van der Waals surface area (Å²) in [5.41, 5.74) is 8.00. The summed E-state index contributed by atoms with van der Waals surface area (Å²) in [7, 11) is -0.492. The van der Waals surface area contributed by atoms with Crippen LogP contribution in [0.1, 0.15) is 64.2 Å². The monoisotopic (exact) mass is 471 g/mol. The summed E-state index contributed by atoms with van der Waals surface area (Å²) in [4.78, 5) is 27.4. The van der Waals surface area contributed by atoms with Crippen LogP contribution >= 0.6 is 0 Å². The average Bonchev–Trinajstić information content (AvgIpc) is 3.09. The lowest BCUT2D eigenvalue weighted by Gasteiger charge is -2.64. The van der Waals surface area contributed by atoms with Crippen LogP contribution in [0.3, 0.4) is 0 Å². The zero-order valence-electron chi connectivity index (χ0n) is 20.4. The summed E-state index contributed by atoms with van der Waals surface area (Å²) in [5.74, 6) is 0.584. The molecule has 184 valence electrons. The molecular weight excluding hydrogens is 437 g/mol. The van der Waals surface area contributed by atoms with E-state index in [2.05, 4.69) is 44.9 Å². The molecule has 4 N–H and O–H groups in total. The van der Waals surface area contributed by atoms with Gasteiger partial charge < -0.3 is 20.4 Å². The highest BCUT2D eigenvalue weighted by Gasteiger charge is 2.68. The van der Waals surface area contributed by atoms with E-state index in [4.69, 9.17) is 15.0 Å². The Morgan fingerprint density at radius 2 is 1.97 bits per heavy atom. The molecule has 0 spiro atoms. The van der Waals surface area contributed by atoms with Crippen LogP contribution < -0.4 is 16.5 Å². The molecule has 0 aromatic heterocycles. The van der Waals surface area contributed by atoms with Crippen molar-refractivity contribution in [3.63, 3.8) is 0 Å². The lowest BCUT2D eigenvalue weighted by molar-refractivity contribution is -0.525. The van der Waals surface area contributed by atoms with Crippen LogP contribution in [0.2, 0.25) is 0 Å². The number of nitro groups is 1. The summed E-state index contributed by atoms with van der Waals surface area (Å²) in [6.45, 7) is 11.0. The Bertz CT molecular complexity index is 984. The molecule has 3 aliphatic carbocycles. The molecule has 34 heavy (non-hydrogen) atoms. The topological polar surface area (TPSA) is 141 Å². The zero-order chi connectivity index (χ0) is 24.8. The first-order chi connectivity index (χ1) is 15.9. The van der Waals surface area contributed by atoms with Crippen molar-refractivity contribution in [1.29, 1.82) is 0 Å². The molecule has 4 aliphatic rings. The first-order valence-corrected chi connectivity index (χ1v) is 11.9. The number of carbonyl (C=O) groups excluding carboxylic acids is 1. The minimum absolute atomic E-state index is 0.0521. The van der Waals surface area contributed by atoms with Gasteiger partial charge in [0, 0.05) is 5.56 Å². The zero-order valence-corrected chi connectivity index (χ0v) is 20.4. The van der Waals surface area contributed by atoms with Gasteiger partial charge in [-0.3, -0.25) is 4.79 Å². The van der Waals surface area contributed by atoms with E-state index in [1.165, 1.54) is 6.42 Å². The maximum absolute atomic E-state index is 13.1. The second kappa shape index (κ2) is 8.85. The van der Waals surface area contributed by atoms with Gasteiger partial charge in [-0.1, -0.05) is 33.1 Å². The van der Waals surface area contributed by atoms with E-state index in [-0.39, 0.29) is 34.9 Å². The predicted molar refractivity (Wildman–Crippen MR) is 129 cm³/mol. The smallest absolute Gasteiger partial charge is 0.404 e. The molecule has 2 bridgehead atoms. The van der Waals surface area contributed by atoms with Crippen molar-refractivity contribution in [2.45, 2.75) is 71.5 Å². The summed E-state index contributed by atoms with van der Waals surface area (Å²) in [5, 5.41) is 12.8. The maximum atomic E-state index is 13.1. The van der Waals surface area contributed by atoms with Crippen molar-refractivity contribution < 1.29 is 19.1 Å². The quantitative estimate of drug-likeness (QED) is 0.183. The molecule has 0 radical (unpaired) electrons. The summed E-state index contributed by atoms with van der Waals surface area (Å²) in [6.07, 6.45) is 2.95. The maximum Gasteiger partial charge on any atom is 0.481 e. The van der Waals surface area contributed by atoms with Crippen LogP contribution in [0.25, 0.3) is 0 Å². The van der Waals surface area contributed by atoms with Gasteiger partial charge in [0.2, 0.25) is 0 Å². The van der Waals surface area contributed by atoms with Crippen LogP contribution in [-0.2, 0) is 9.31 Å². The Kier molecular flexibility index (Phi) is 6.37. The first kappa shape index (κ1) is 24.5. The van der Waals surface area contributed by atoms with Gasteiger partial charge in [0.05, 0.1) is 23.3 Å². The van der Waals surface area contributed by atoms with Gasteiger partial charge in [-0.15, -0.1) is 0 Å². The van der Waals surface area contributed by atoms with Crippen molar-refractivity contribution in [2.24, 2.45) is 33.9 Å². The molecular formula is C23H34BN5O5. The van der Waals surface area contributed by atoms with Gasteiger partial charge in [0.25, 0.3) is 11.9 Å². The number of hydrazine groups is 1. The fraction of sp³-hybridized carbons (Fsp3) is 0.652. The van der Waals surface area contributed by atoms with Gasteiger partial charge in [-0.05, 0) is 73.6 Å². The minimum Gasteiger partial charge on any atom is -0.404 e. The Morgan fingerprint density at radius 1 is 1.29 bits per heavy atom. The number of nitrogens with two attached hydrogens (primary N) is 1. The fourth-order valence-electron chi connectivity index (χ4n) is 6.01. The third-order valence-corrected chi connectivity index (χ3v) is 7.92. The Balaban J connectivity index is 1.45. The number of aliphatic imine (C=N–C) groups is 1. The Hall–Kier alpha value is -2.66. The van der Waals surface area contributed by atoms with Crippen LogP contribution in [0.15, 0.2) is 29.3 Å². The largest absolute Gasteiger partial charge is 0.481 e. The number of guanidine groups is 1. The molecule has 4 fully saturated rings. The first-order valence-electron chi connectivity index (χ1n) is 11.9. The molecule has 1 aromatic carbocycles. The minimum atomic E-state index is -0.788. The highest BCUT2D eigenvalue weighted by Crippen LogP contribution is 2.65. The van der Waals surface area contributed by atoms with Crippen molar-refractivity contribution in [3.8, 4) is 0 Å². The molecule has 5 atom stereocenters. The van der Waals surface area contributed by atoms with Crippen molar-refractivity contribution in [2.75, 3.05) is 0 Å². The number of hydrogen-bond acceptors (Lipinski definition) is 6. The van der Waals surface area contributed by atoms with Gasteiger partial charge in [0.15, 0.2) is 5.03 Å². The number of amides is 1. The standard InChI is InChI=1S/C23H34BN5O5/c1-13(2)10-19(24-33-18-12-15-11-17(22(15,3)4)23(18,5)34-24)27-20(30)14-6-8-16(9-7-14)26-21(25)28-29(31)32/h6-9,13,15,17-19H,10-12H2,1-5H3,(H,27,30)(H3,25,26,28)/t15-,17-,18+,19-,23-/m0/s1. The van der Waals surface area contributed by atoms with Gasteiger partial charge in [-0.25, -0.2) is 15.1 Å². The summed E-state index contributed by atoms with van der Waals surface area (Å²) < 4.78 is 13.0. The van der Waals surface area contributed by atoms with Crippen LogP contribution in [0.4, 0.5) is 5.69 Å². The molecule has 3 saturated carbocycles. The van der Waals surface area contributed by atoms with E-state index in [0.717, 1.165) is 12.8 Å². The molecule has 1 aromatic rings. The third kappa shape index (κ3) is 4.50. The molecule has 1 aliphatic heterocycles. The van der Waals surface area contributed by atoms with Crippen molar-refractivity contribution in [1.82, 2.24) is 10.7 Å². The number of benzene rings is 1. The van der Waals surface area contributed by atoms with E-state index in [1.807, 2.05) is 0 Å². The van der Waals surface area contributed by atoms with Crippen LogP contribution in [-0.4, -0.2) is 41.7 Å². The number of hydrogen-bond donors (Lipinski definition) is 3. The van der Waals surface area contributed by atoms with Crippen molar-refractivity contribution in [3.05, 3.63) is 39.9 Å². The van der Waals surface area contributed by atoms with E-state index in [9.17, 15) is 14.9 Å². The SMILES string of the molecule is CC(C)C[C@H](NC(=O)c1ccc(N=C(N)N[N+](=O)[O-])cc1)B1O[C@@H]2C[C@@H]3C[C@@H](C3(C)C)[C@]2(C)O1. The fourth-order valence-corrected chi connectivity index (χ4v) is 6.01. The van der Waals surface area contributed by atoms with E-state index >= 15 is 0 Å². The highest BCUT2D eigenvalue weighted by molar-refractivity contribution is 6.48. The van der Waals surface area contributed by atoms with E-state index < -0.39 is 12.2 Å². The Labute approximate surface area is 200 Å². The highest BCUT2D eigenvalue weighted by atomic mass is 16.7. The second-order valence-corrected chi connectivity index (χ2v) is 11.0. The van der Waals surface area contributed by atoms with Gasteiger partial charge in [0.1, 0.15) is 0 Å². The molecule has 1 saturated heterocycles. The van der Waals surface area contributed by atoms with Crippen molar-refractivity contribution >= 4 is 24.7 Å². The number of carbonyl (C=O) groups is 1. The van der Waals surface area contributed by atoms with Gasteiger partial charge in [-0.2, -0.15) is 0 Å². The normalized spacial score (nSPS) is 30.4. The molecule has 10 nitrogen and oxygen atoms in total. The molecule has 5 rings (SSSR count). The predicted octanol–water partition coefficient (Wildman–Crippen LogP) is 2.83. The number of nitrogens with one attached hydrogen (secondary N) is 2. The van der Waals surface area contributed by atoms with E-state index in [0.29, 0.717) is 29.0 Å². The third-order valence-electron chi connectivity index (χ3n) is 7.92. The summed E-state index contributed by atoms with van der Waals surface area (Å²) >= 11 is 0. The molecule has 0 unspecified atom stereocenters. The lowest BCUT2D eigenvalue weighted by Crippen LogP contribution is -2.65. The second-order valence-electron chi connectivity index (χ2n) is 11.0. The molecule has 1 amide bonds.